The Balaban J connectivity index is 2.02. The van der Waals surface area contributed by atoms with Gasteiger partial charge in [0.05, 0.1) is 16.3 Å². The summed E-state index contributed by atoms with van der Waals surface area (Å²) in [5.41, 5.74) is 4.91. The molecule has 0 amide bonds. The summed E-state index contributed by atoms with van der Waals surface area (Å²) in [6, 6.07) is 13.9. The van der Waals surface area contributed by atoms with Crippen molar-refractivity contribution in [3.05, 3.63) is 64.8 Å². The maximum atomic E-state index is 6.13. The van der Waals surface area contributed by atoms with Gasteiger partial charge in [-0.05, 0) is 42.1 Å². The number of nitrogens with zero attached hydrogens (tertiary/aromatic N) is 3. The maximum Gasteiger partial charge on any atom is 0.163 e. The van der Waals surface area contributed by atoms with Gasteiger partial charge in [0.15, 0.2) is 5.65 Å². The number of rotatable bonds is 2. The summed E-state index contributed by atoms with van der Waals surface area (Å²) in [7, 11) is 0. The van der Waals surface area contributed by atoms with Gasteiger partial charge in [-0.1, -0.05) is 29.8 Å². The molecular weight excluding hydrogens is 314 g/mol. The highest BCUT2D eigenvalue weighted by molar-refractivity contribution is 7.13. The molecule has 1 aromatic carbocycles. The molecule has 0 atom stereocenters. The first kappa shape index (κ1) is 13.5. The average molecular weight is 326 g/mol. The Morgan fingerprint density at radius 3 is 2.82 bits per heavy atom. The molecule has 0 aliphatic heterocycles. The van der Waals surface area contributed by atoms with Crippen LogP contribution in [0.2, 0.25) is 5.02 Å². The van der Waals surface area contributed by atoms with Crippen molar-refractivity contribution in [3.63, 3.8) is 0 Å². The summed E-state index contributed by atoms with van der Waals surface area (Å²) in [5, 5.41) is 7.47. The largest absolute Gasteiger partial charge is 0.236 e. The van der Waals surface area contributed by atoms with Gasteiger partial charge in [-0.25, -0.2) is 9.50 Å². The number of hydrogen-bond donors (Lipinski definition) is 0. The van der Waals surface area contributed by atoms with Crippen LogP contribution in [0.1, 0.15) is 5.69 Å². The highest BCUT2D eigenvalue weighted by atomic mass is 35.5. The van der Waals surface area contributed by atoms with E-state index in [2.05, 4.69) is 16.4 Å². The molecule has 3 heterocycles. The predicted molar refractivity (Wildman–Crippen MR) is 91.5 cm³/mol. The summed E-state index contributed by atoms with van der Waals surface area (Å²) >= 11 is 7.83. The van der Waals surface area contributed by atoms with Crippen LogP contribution in [0, 0.1) is 6.92 Å². The molecule has 5 heteroatoms. The van der Waals surface area contributed by atoms with Crippen molar-refractivity contribution < 1.29 is 0 Å². The highest BCUT2D eigenvalue weighted by Crippen LogP contribution is 2.32. The quantitative estimate of drug-likeness (QED) is 0.514. The van der Waals surface area contributed by atoms with E-state index >= 15 is 0 Å². The Kier molecular flexibility index (Phi) is 3.21. The zero-order valence-corrected chi connectivity index (χ0v) is 13.4. The summed E-state index contributed by atoms with van der Waals surface area (Å²) in [6.45, 7) is 2.00. The lowest BCUT2D eigenvalue weighted by Gasteiger charge is -2.03. The molecule has 0 N–H and O–H groups in total. The molecule has 0 spiro atoms. The monoisotopic (exact) mass is 325 g/mol. The first-order chi connectivity index (χ1) is 10.7. The fourth-order valence-electron chi connectivity index (χ4n) is 2.64. The van der Waals surface area contributed by atoms with E-state index in [1.54, 1.807) is 11.3 Å². The molecule has 0 bridgehead atoms. The standard InChI is InChI=1S/C17H12ClN3S/c1-11-16(12-4-2-5-13(18)10-12)17-19-8-7-14(21(17)20-11)15-6-3-9-22-15/h2-10H,1H3. The number of benzene rings is 1. The fourth-order valence-corrected chi connectivity index (χ4v) is 3.57. The summed E-state index contributed by atoms with van der Waals surface area (Å²) in [5.74, 6) is 0. The Bertz CT molecular complexity index is 957. The SMILES string of the molecule is Cc1nn2c(-c3cccs3)ccnc2c1-c1cccc(Cl)c1. The minimum absolute atomic E-state index is 0.714. The Morgan fingerprint density at radius 1 is 1.14 bits per heavy atom. The number of hydrogen-bond acceptors (Lipinski definition) is 3. The number of halogens is 1. The van der Waals surface area contributed by atoms with Crippen LogP contribution in [-0.2, 0) is 0 Å². The van der Waals surface area contributed by atoms with Crippen molar-refractivity contribution in [1.82, 2.24) is 14.6 Å². The molecule has 0 saturated carbocycles. The topological polar surface area (TPSA) is 30.2 Å². The van der Waals surface area contributed by atoms with Crippen molar-refractivity contribution >= 4 is 28.6 Å². The molecule has 0 fully saturated rings. The van der Waals surface area contributed by atoms with E-state index < -0.39 is 0 Å². The first-order valence-corrected chi connectivity index (χ1v) is 8.14. The molecule has 0 saturated heterocycles. The summed E-state index contributed by atoms with van der Waals surface area (Å²) < 4.78 is 1.91. The molecule has 0 radical (unpaired) electrons. The zero-order chi connectivity index (χ0) is 15.1. The third-order valence-corrected chi connectivity index (χ3v) is 4.71. The van der Waals surface area contributed by atoms with Crippen LogP contribution in [0.15, 0.2) is 54.0 Å². The number of aryl methyl sites for hydroxylation is 1. The molecule has 3 nitrogen and oxygen atoms in total. The molecule has 0 aliphatic rings. The molecule has 4 rings (SSSR count). The van der Waals surface area contributed by atoms with Crippen LogP contribution in [0.5, 0.6) is 0 Å². The second kappa shape index (κ2) is 5.23. The molecule has 108 valence electrons. The minimum atomic E-state index is 0.714. The van der Waals surface area contributed by atoms with E-state index in [0.29, 0.717) is 5.02 Å². The van der Waals surface area contributed by atoms with Crippen LogP contribution in [0.25, 0.3) is 27.3 Å². The van der Waals surface area contributed by atoms with Gasteiger partial charge >= 0.3 is 0 Å². The van der Waals surface area contributed by atoms with Gasteiger partial charge in [-0.2, -0.15) is 5.10 Å². The van der Waals surface area contributed by atoms with Gasteiger partial charge in [0.1, 0.15) is 0 Å². The zero-order valence-electron chi connectivity index (χ0n) is 11.8. The van der Waals surface area contributed by atoms with Gasteiger partial charge in [-0.15, -0.1) is 11.3 Å². The van der Waals surface area contributed by atoms with E-state index in [1.165, 1.54) is 4.88 Å². The van der Waals surface area contributed by atoms with E-state index in [9.17, 15) is 0 Å². The normalized spacial score (nSPS) is 11.2. The second-order valence-corrected chi connectivity index (χ2v) is 6.40. The lowest BCUT2D eigenvalue weighted by atomic mass is 10.1. The molecular formula is C17H12ClN3S. The number of thiophene rings is 1. The Morgan fingerprint density at radius 2 is 2.05 bits per heavy atom. The second-order valence-electron chi connectivity index (χ2n) is 5.01. The Labute approximate surface area is 136 Å². The lowest BCUT2D eigenvalue weighted by Crippen LogP contribution is -1.94. The van der Waals surface area contributed by atoms with Crippen LogP contribution >= 0.6 is 22.9 Å². The van der Waals surface area contributed by atoms with Gasteiger partial charge in [0, 0.05) is 16.8 Å². The fraction of sp³-hybridized carbons (Fsp3) is 0.0588. The van der Waals surface area contributed by atoms with Crippen LogP contribution in [0.4, 0.5) is 0 Å². The van der Waals surface area contributed by atoms with Crippen molar-refractivity contribution in [3.8, 4) is 21.7 Å². The van der Waals surface area contributed by atoms with Crippen molar-refractivity contribution in [2.24, 2.45) is 0 Å². The third-order valence-electron chi connectivity index (χ3n) is 3.58. The Hall–Kier alpha value is -2.17. The number of aromatic nitrogens is 3. The van der Waals surface area contributed by atoms with Gasteiger partial charge in [0.2, 0.25) is 0 Å². The van der Waals surface area contributed by atoms with Crippen LogP contribution < -0.4 is 0 Å². The van der Waals surface area contributed by atoms with Gasteiger partial charge in [-0.3, -0.25) is 0 Å². The third kappa shape index (κ3) is 2.12. The van der Waals surface area contributed by atoms with E-state index in [1.807, 2.05) is 54.0 Å². The molecule has 4 aromatic rings. The van der Waals surface area contributed by atoms with Crippen molar-refractivity contribution in [2.75, 3.05) is 0 Å². The minimum Gasteiger partial charge on any atom is -0.236 e. The van der Waals surface area contributed by atoms with Crippen molar-refractivity contribution in [2.45, 2.75) is 6.92 Å². The average Bonchev–Trinajstić information content (AvgIpc) is 3.13. The smallest absolute Gasteiger partial charge is 0.163 e. The maximum absolute atomic E-state index is 6.13. The van der Waals surface area contributed by atoms with Crippen LogP contribution in [-0.4, -0.2) is 14.6 Å². The molecule has 0 unspecified atom stereocenters. The highest BCUT2D eigenvalue weighted by Gasteiger charge is 2.16. The van der Waals surface area contributed by atoms with E-state index in [4.69, 9.17) is 16.7 Å². The van der Waals surface area contributed by atoms with Crippen LogP contribution in [0.3, 0.4) is 0 Å². The lowest BCUT2D eigenvalue weighted by molar-refractivity contribution is 0.927. The van der Waals surface area contributed by atoms with Gasteiger partial charge in [0.25, 0.3) is 0 Å². The van der Waals surface area contributed by atoms with E-state index in [0.717, 1.165) is 28.2 Å². The summed E-state index contributed by atoms with van der Waals surface area (Å²) in [4.78, 5) is 5.71. The first-order valence-electron chi connectivity index (χ1n) is 6.88. The van der Waals surface area contributed by atoms with E-state index in [-0.39, 0.29) is 0 Å². The molecule has 22 heavy (non-hydrogen) atoms. The van der Waals surface area contributed by atoms with Crippen molar-refractivity contribution in [1.29, 1.82) is 0 Å². The predicted octanol–water partition coefficient (Wildman–Crippen LogP) is 5.09. The molecule has 0 aliphatic carbocycles. The molecule has 3 aromatic heterocycles. The summed E-state index contributed by atoms with van der Waals surface area (Å²) in [6.07, 6.45) is 1.83. The number of fused-ring (bicyclic) bond motifs is 1. The van der Waals surface area contributed by atoms with Gasteiger partial charge < -0.3 is 0 Å².